The number of nitrogens with one attached hydrogen (secondary N) is 1. The minimum atomic E-state index is -0.0138. The second-order valence-corrected chi connectivity index (χ2v) is 6.31. The summed E-state index contributed by atoms with van der Waals surface area (Å²) in [5.41, 5.74) is 1.53. The minimum Gasteiger partial charge on any atom is -0.396 e. The van der Waals surface area contributed by atoms with Gasteiger partial charge in [-0.2, -0.15) is 0 Å². The fourth-order valence-electron chi connectivity index (χ4n) is 2.15. The van der Waals surface area contributed by atoms with Crippen molar-refractivity contribution in [1.82, 2.24) is 10.3 Å². The van der Waals surface area contributed by atoms with E-state index < -0.39 is 0 Å². The fraction of sp³-hybridized carbons (Fsp3) is 0.375. The zero-order valence-electron chi connectivity index (χ0n) is 11.7. The molecule has 5 heteroatoms. The van der Waals surface area contributed by atoms with E-state index in [2.05, 4.69) is 10.3 Å². The highest BCUT2D eigenvalue weighted by molar-refractivity contribution is 7.99. The average Bonchev–Trinajstić information content (AvgIpc) is 3.30. The van der Waals surface area contributed by atoms with Crippen molar-refractivity contribution in [2.24, 2.45) is 0 Å². The summed E-state index contributed by atoms with van der Waals surface area (Å²) in [5.74, 6) is 0.783. The van der Waals surface area contributed by atoms with Crippen LogP contribution < -0.4 is 5.32 Å². The summed E-state index contributed by atoms with van der Waals surface area (Å²) < 4.78 is 0. The van der Waals surface area contributed by atoms with E-state index in [0.29, 0.717) is 11.6 Å². The van der Waals surface area contributed by atoms with Crippen LogP contribution in [-0.2, 0) is 0 Å². The topological polar surface area (TPSA) is 62.2 Å². The SMILES string of the molecule is O=C(NC1CC1)c1cc(SCCCO)nc2ccccc12. The molecule has 3 rings (SSSR count). The molecular weight excluding hydrogens is 284 g/mol. The van der Waals surface area contributed by atoms with E-state index in [0.717, 1.165) is 40.9 Å². The van der Waals surface area contributed by atoms with Crippen LogP contribution >= 0.6 is 11.8 Å². The third-order valence-electron chi connectivity index (χ3n) is 3.40. The maximum absolute atomic E-state index is 12.4. The van der Waals surface area contributed by atoms with E-state index in [1.54, 1.807) is 11.8 Å². The third kappa shape index (κ3) is 3.54. The monoisotopic (exact) mass is 302 g/mol. The maximum Gasteiger partial charge on any atom is 0.252 e. The zero-order valence-corrected chi connectivity index (χ0v) is 12.5. The number of hydrogen-bond acceptors (Lipinski definition) is 4. The number of pyridine rings is 1. The molecule has 2 aromatic rings. The Balaban J connectivity index is 1.92. The van der Waals surface area contributed by atoms with E-state index in [1.807, 2.05) is 30.3 Å². The minimum absolute atomic E-state index is 0.0138. The lowest BCUT2D eigenvalue weighted by Gasteiger charge is -2.09. The quantitative estimate of drug-likeness (QED) is 0.636. The molecule has 1 aromatic heterocycles. The zero-order chi connectivity index (χ0) is 14.7. The molecule has 0 radical (unpaired) electrons. The smallest absolute Gasteiger partial charge is 0.252 e. The Hall–Kier alpha value is -1.59. The Bertz CT molecular complexity index is 656. The second kappa shape index (κ2) is 6.45. The van der Waals surface area contributed by atoms with Crippen molar-refractivity contribution in [1.29, 1.82) is 0 Å². The van der Waals surface area contributed by atoms with Crippen LogP contribution in [0.15, 0.2) is 35.4 Å². The van der Waals surface area contributed by atoms with E-state index >= 15 is 0 Å². The van der Waals surface area contributed by atoms with Crippen molar-refractivity contribution in [3.8, 4) is 0 Å². The van der Waals surface area contributed by atoms with Gasteiger partial charge in [-0.15, -0.1) is 11.8 Å². The number of thioether (sulfide) groups is 1. The number of hydrogen-bond donors (Lipinski definition) is 2. The van der Waals surface area contributed by atoms with Crippen molar-refractivity contribution in [2.45, 2.75) is 30.3 Å². The number of aliphatic hydroxyl groups excluding tert-OH is 1. The van der Waals surface area contributed by atoms with Gasteiger partial charge in [-0.1, -0.05) is 18.2 Å². The Morgan fingerprint density at radius 2 is 2.19 bits per heavy atom. The summed E-state index contributed by atoms with van der Waals surface area (Å²) in [6.45, 7) is 0.176. The van der Waals surface area contributed by atoms with Crippen molar-refractivity contribution >= 4 is 28.6 Å². The first kappa shape index (κ1) is 14.4. The molecule has 21 heavy (non-hydrogen) atoms. The van der Waals surface area contributed by atoms with Crippen LogP contribution in [0.25, 0.3) is 10.9 Å². The molecule has 1 heterocycles. The van der Waals surface area contributed by atoms with Crippen molar-refractivity contribution < 1.29 is 9.90 Å². The van der Waals surface area contributed by atoms with E-state index in [4.69, 9.17) is 5.11 Å². The predicted octanol–water partition coefficient (Wildman–Crippen LogP) is 2.60. The molecule has 0 atom stereocenters. The van der Waals surface area contributed by atoms with Crippen LogP contribution in [0.5, 0.6) is 0 Å². The molecular formula is C16H18N2O2S. The van der Waals surface area contributed by atoms with Crippen LogP contribution in [0.1, 0.15) is 29.6 Å². The molecule has 1 fully saturated rings. The standard InChI is InChI=1S/C16H18N2O2S/c19-8-3-9-21-15-10-13(16(20)17-11-6-7-11)12-4-1-2-5-14(12)18-15/h1-2,4-5,10-11,19H,3,6-9H2,(H,17,20). The van der Waals surface area contributed by atoms with Gasteiger partial charge in [0.2, 0.25) is 0 Å². The molecule has 1 aliphatic rings. The summed E-state index contributed by atoms with van der Waals surface area (Å²) in [6, 6.07) is 9.93. The number of para-hydroxylation sites is 1. The highest BCUT2D eigenvalue weighted by Crippen LogP contribution is 2.26. The van der Waals surface area contributed by atoms with Gasteiger partial charge in [0, 0.05) is 23.8 Å². The van der Waals surface area contributed by atoms with Gasteiger partial charge < -0.3 is 10.4 Å². The molecule has 2 N–H and O–H groups in total. The van der Waals surface area contributed by atoms with Gasteiger partial charge in [-0.25, -0.2) is 4.98 Å². The lowest BCUT2D eigenvalue weighted by molar-refractivity contribution is 0.0952. The number of carbonyl (C=O) groups excluding carboxylic acids is 1. The van der Waals surface area contributed by atoms with Crippen LogP contribution in [0.4, 0.5) is 0 Å². The summed E-state index contributed by atoms with van der Waals surface area (Å²) >= 11 is 1.57. The molecule has 1 saturated carbocycles. The third-order valence-corrected chi connectivity index (χ3v) is 4.40. The molecule has 0 spiro atoms. The summed E-state index contributed by atoms with van der Waals surface area (Å²) in [5, 5.41) is 13.6. The van der Waals surface area contributed by atoms with Gasteiger partial charge >= 0.3 is 0 Å². The summed E-state index contributed by atoms with van der Waals surface area (Å²) in [6.07, 6.45) is 2.88. The molecule has 4 nitrogen and oxygen atoms in total. The number of nitrogens with zero attached hydrogens (tertiary/aromatic N) is 1. The van der Waals surface area contributed by atoms with Gasteiger partial charge in [-0.3, -0.25) is 4.79 Å². The first-order valence-electron chi connectivity index (χ1n) is 7.22. The number of carbonyl (C=O) groups is 1. The Labute approximate surface area is 128 Å². The lowest BCUT2D eigenvalue weighted by atomic mass is 10.1. The van der Waals surface area contributed by atoms with Gasteiger partial charge in [0.1, 0.15) is 0 Å². The highest BCUT2D eigenvalue weighted by atomic mass is 32.2. The number of benzene rings is 1. The van der Waals surface area contributed by atoms with Crippen LogP contribution in [0.3, 0.4) is 0 Å². The first-order chi connectivity index (χ1) is 10.3. The van der Waals surface area contributed by atoms with Crippen molar-refractivity contribution in [2.75, 3.05) is 12.4 Å². The van der Waals surface area contributed by atoms with Gasteiger partial charge in [0.25, 0.3) is 5.91 Å². The number of amides is 1. The van der Waals surface area contributed by atoms with E-state index in [-0.39, 0.29) is 12.5 Å². The van der Waals surface area contributed by atoms with Crippen LogP contribution in [-0.4, -0.2) is 34.4 Å². The highest BCUT2D eigenvalue weighted by Gasteiger charge is 2.24. The predicted molar refractivity (Wildman–Crippen MR) is 84.7 cm³/mol. The number of fused-ring (bicyclic) bond motifs is 1. The molecule has 1 aromatic carbocycles. The molecule has 1 aliphatic carbocycles. The van der Waals surface area contributed by atoms with Crippen LogP contribution in [0, 0.1) is 0 Å². The Morgan fingerprint density at radius 1 is 1.38 bits per heavy atom. The van der Waals surface area contributed by atoms with Gasteiger partial charge in [0.05, 0.1) is 16.1 Å². The Morgan fingerprint density at radius 3 is 2.95 bits per heavy atom. The first-order valence-corrected chi connectivity index (χ1v) is 8.21. The second-order valence-electron chi connectivity index (χ2n) is 5.20. The summed E-state index contributed by atoms with van der Waals surface area (Å²) in [7, 11) is 0. The number of aromatic nitrogens is 1. The lowest BCUT2D eigenvalue weighted by Crippen LogP contribution is -2.25. The van der Waals surface area contributed by atoms with Gasteiger partial charge in [0.15, 0.2) is 0 Å². The number of rotatable bonds is 6. The summed E-state index contributed by atoms with van der Waals surface area (Å²) in [4.78, 5) is 17.0. The fourth-order valence-corrected chi connectivity index (χ4v) is 2.99. The molecule has 0 bridgehead atoms. The largest absolute Gasteiger partial charge is 0.396 e. The number of aliphatic hydroxyl groups is 1. The molecule has 1 amide bonds. The molecule has 0 aliphatic heterocycles. The maximum atomic E-state index is 12.4. The molecule has 0 unspecified atom stereocenters. The van der Waals surface area contributed by atoms with Gasteiger partial charge in [-0.05, 0) is 31.4 Å². The normalized spacial score (nSPS) is 14.3. The van der Waals surface area contributed by atoms with Crippen LogP contribution in [0.2, 0.25) is 0 Å². The van der Waals surface area contributed by atoms with Crippen molar-refractivity contribution in [3.05, 3.63) is 35.9 Å². The van der Waals surface area contributed by atoms with Crippen molar-refractivity contribution in [3.63, 3.8) is 0 Å². The average molecular weight is 302 g/mol. The molecule has 110 valence electrons. The van der Waals surface area contributed by atoms with E-state index in [9.17, 15) is 4.79 Å². The van der Waals surface area contributed by atoms with E-state index in [1.165, 1.54) is 0 Å². The molecule has 0 saturated heterocycles. The Kier molecular flexibility index (Phi) is 4.41.